The summed E-state index contributed by atoms with van der Waals surface area (Å²) in [7, 11) is 0. The van der Waals surface area contributed by atoms with Crippen LogP contribution in [-0.2, 0) is 4.79 Å². The molecule has 11 heavy (non-hydrogen) atoms. The first-order chi connectivity index (χ1) is 5.11. The SMILES string of the molecule is CC12C=CC(C(=O)Cl)=C(C1)C2. The third-order valence-corrected chi connectivity index (χ3v) is 2.68. The largest absolute Gasteiger partial charge is 0.276 e. The Morgan fingerprint density at radius 1 is 1.64 bits per heavy atom. The summed E-state index contributed by atoms with van der Waals surface area (Å²) < 4.78 is 0. The number of allylic oxidation sites excluding steroid dienone is 4. The van der Waals surface area contributed by atoms with Crippen LogP contribution < -0.4 is 0 Å². The highest BCUT2D eigenvalue weighted by Gasteiger charge is 2.38. The Bertz CT molecular complexity index is 278. The molecule has 0 saturated heterocycles. The molecule has 0 aromatic carbocycles. The van der Waals surface area contributed by atoms with Crippen molar-refractivity contribution in [1.82, 2.24) is 0 Å². The van der Waals surface area contributed by atoms with Gasteiger partial charge in [0.2, 0.25) is 0 Å². The molecule has 0 heterocycles. The van der Waals surface area contributed by atoms with Crippen LogP contribution in [0.2, 0.25) is 0 Å². The van der Waals surface area contributed by atoms with Crippen molar-refractivity contribution in [3.63, 3.8) is 0 Å². The fourth-order valence-corrected chi connectivity index (χ4v) is 2.03. The Kier molecular flexibility index (Phi) is 1.28. The molecule has 0 aromatic heterocycles. The highest BCUT2D eigenvalue weighted by molar-refractivity contribution is 6.68. The maximum Gasteiger partial charge on any atom is 0.252 e. The van der Waals surface area contributed by atoms with Crippen LogP contribution in [0.1, 0.15) is 19.8 Å². The lowest BCUT2D eigenvalue weighted by Crippen LogP contribution is -2.30. The fourth-order valence-electron chi connectivity index (χ4n) is 1.84. The lowest BCUT2D eigenvalue weighted by molar-refractivity contribution is -0.108. The molecule has 3 aliphatic carbocycles. The number of rotatable bonds is 1. The van der Waals surface area contributed by atoms with Gasteiger partial charge in [0.1, 0.15) is 0 Å². The lowest BCUT2D eigenvalue weighted by Gasteiger charge is -2.42. The smallest absolute Gasteiger partial charge is 0.252 e. The van der Waals surface area contributed by atoms with Crippen molar-refractivity contribution in [2.45, 2.75) is 19.8 Å². The molecule has 1 saturated carbocycles. The molecule has 2 heteroatoms. The van der Waals surface area contributed by atoms with Crippen molar-refractivity contribution in [3.05, 3.63) is 23.3 Å². The molecule has 0 atom stereocenters. The number of hydrogen-bond acceptors (Lipinski definition) is 1. The molecular weight excluding hydrogens is 160 g/mol. The molecule has 0 spiro atoms. The van der Waals surface area contributed by atoms with Gasteiger partial charge in [-0.1, -0.05) is 24.6 Å². The van der Waals surface area contributed by atoms with E-state index in [4.69, 9.17) is 11.6 Å². The molecule has 3 aliphatic rings. The molecule has 0 aliphatic heterocycles. The van der Waals surface area contributed by atoms with Gasteiger partial charge in [0.05, 0.1) is 0 Å². The Hall–Kier alpha value is -0.560. The zero-order chi connectivity index (χ0) is 8.06. The minimum absolute atomic E-state index is 0.307. The van der Waals surface area contributed by atoms with Crippen LogP contribution in [0.15, 0.2) is 23.3 Å². The molecule has 0 amide bonds. The Labute approximate surface area is 70.7 Å². The fraction of sp³-hybridized carbons (Fsp3) is 0.444. The summed E-state index contributed by atoms with van der Waals surface area (Å²) in [6, 6.07) is 0. The van der Waals surface area contributed by atoms with E-state index in [1.807, 2.05) is 6.08 Å². The molecular formula is C9H9ClO. The number of fused-ring (bicyclic) bond motifs is 1. The predicted molar refractivity (Wildman–Crippen MR) is 44.4 cm³/mol. The van der Waals surface area contributed by atoms with Gasteiger partial charge in [-0.2, -0.15) is 0 Å². The van der Waals surface area contributed by atoms with Gasteiger partial charge in [0, 0.05) is 5.57 Å². The maximum atomic E-state index is 10.8. The quantitative estimate of drug-likeness (QED) is 0.550. The summed E-state index contributed by atoms with van der Waals surface area (Å²) in [4.78, 5) is 10.8. The summed E-state index contributed by atoms with van der Waals surface area (Å²) in [6.45, 7) is 2.20. The first-order valence-corrected chi connectivity index (χ1v) is 4.10. The van der Waals surface area contributed by atoms with Crippen molar-refractivity contribution < 1.29 is 4.79 Å². The first kappa shape index (κ1) is 7.11. The van der Waals surface area contributed by atoms with Crippen LogP contribution in [0.3, 0.4) is 0 Å². The van der Waals surface area contributed by atoms with Crippen molar-refractivity contribution in [3.8, 4) is 0 Å². The van der Waals surface area contributed by atoms with Gasteiger partial charge < -0.3 is 0 Å². The summed E-state index contributed by atoms with van der Waals surface area (Å²) in [5.41, 5.74) is 2.30. The van der Waals surface area contributed by atoms with Crippen molar-refractivity contribution >= 4 is 16.8 Å². The zero-order valence-electron chi connectivity index (χ0n) is 6.36. The summed E-state index contributed by atoms with van der Waals surface area (Å²) >= 11 is 5.37. The van der Waals surface area contributed by atoms with Crippen molar-refractivity contribution in [2.24, 2.45) is 5.41 Å². The average Bonchev–Trinajstić information content (AvgIpc) is 1.85. The highest BCUT2D eigenvalue weighted by atomic mass is 35.5. The van der Waals surface area contributed by atoms with Crippen LogP contribution in [0.5, 0.6) is 0 Å². The number of halogens is 1. The minimum atomic E-state index is -0.307. The van der Waals surface area contributed by atoms with E-state index < -0.39 is 0 Å². The van der Waals surface area contributed by atoms with Gasteiger partial charge in [0.25, 0.3) is 5.24 Å². The topological polar surface area (TPSA) is 17.1 Å². The summed E-state index contributed by atoms with van der Waals surface area (Å²) in [5, 5.41) is -0.307. The van der Waals surface area contributed by atoms with E-state index in [1.54, 1.807) is 0 Å². The summed E-state index contributed by atoms with van der Waals surface area (Å²) in [5.74, 6) is 0. The number of carbonyl (C=O) groups is 1. The maximum absolute atomic E-state index is 10.8. The summed E-state index contributed by atoms with van der Waals surface area (Å²) in [6.07, 6.45) is 6.00. The van der Waals surface area contributed by atoms with Crippen molar-refractivity contribution in [2.75, 3.05) is 0 Å². The standard InChI is InChI=1S/C9H9ClO/c1-9-3-2-7(8(10)11)6(4-9)5-9/h2-3H,4-5H2,1H3. The highest BCUT2D eigenvalue weighted by Crippen LogP contribution is 2.51. The van der Waals surface area contributed by atoms with Crippen LogP contribution in [0, 0.1) is 5.41 Å². The van der Waals surface area contributed by atoms with Gasteiger partial charge in [-0.15, -0.1) is 0 Å². The van der Waals surface area contributed by atoms with Gasteiger partial charge >= 0.3 is 0 Å². The average molecular weight is 169 g/mol. The molecule has 2 bridgehead atoms. The molecule has 0 unspecified atom stereocenters. The van der Waals surface area contributed by atoms with Gasteiger partial charge in [-0.05, 0) is 29.9 Å². The van der Waals surface area contributed by atoms with Gasteiger partial charge in [-0.3, -0.25) is 4.79 Å². The Morgan fingerprint density at radius 3 is 2.64 bits per heavy atom. The third-order valence-electron chi connectivity index (χ3n) is 2.48. The van der Waals surface area contributed by atoms with E-state index in [-0.39, 0.29) is 5.24 Å². The number of hydrogen-bond donors (Lipinski definition) is 0. The second-order valence-corrected chi connectivity index (χ2v) is 3.98. The molecule has 3 rings (SSSR count). The lowest BCUT2D eigenvalue weighted by atomic mass is 9.62. The van der Waals surface area contributed by atoms with Crippen LogP contribution in [-0.4, -0.2) is 5.24 Å². The normalized spacial score (nSPS) is 24.9. The van der Waals surface area contributed by atoms with E-state index in [0.29, 0.717) is 5.41 Å². The Balaban J connectivity index is 2.34. The second kappa shape index (κ2) is 1.98. The molecule has 1 fully saturated rings. The number of carbonyl (C=O) groups excluding carboxylic acids is 1. The predicted octanol–water partition coefficient (Wildman–Crippen LogP) is 2.42. The third kappa shape index (κ3) is 0.951. The monoisotopic (exact) mass is 168 g/mol. The van der Waals surface area contributed by atoms with E-state index in [9.17, 15) is 4.79 Å². The first-order valence-electron chi connectivity index (χ1n) is 3.72. The minimum Gasteiger partial charge on any atom is -0.276 e. The Morgan fingerprint density at radius 2 is 2.27 bits per heavy atom. The molecule has 58 valence electrons. The van der Waals surface area contributed by atoms with E-state index in [0.717, 1.165) is 18.4 Å². The van der Waals surface area contributed by atoms with Crippen LogP contribution in [0.4, 0.5) is 0 Å². The molecule has 1 nitrogen and oxygen atoms in total. The van der Waals surface area contributed by atoms with Crippen LogP contribution in [0.25, 0.3) is 0 Å². The second-order valence-electron chi connectivity index (χ2n) is 3.63. The van der Waals surface area contributed by atoms with Crippen molar-refractivity contribution in [1.29, 1.82) is 0 Å². The zero-order valence-corrected chi connectivity index (χ0v) is 7.11. The van der Waals surface area contributed by atoms with E-state index in [2.05, 4.69) is 13.0 Å². The molecule has 0 radical (unpaired) electrons. The molecule has 0 N–H and O–H groups in total. The van der Waals surface area contributed by atoms with E-state index in [1.165, 1.54) is 5.57 Å². The van der Waals surface area contributed by atoms with Gasteiger partial charge in [-0.25, -0.2) is 0 Å². The molecule has 0 aromatic rings. The van der Waals surface area contributed by atoms with Crippen LogP contribution >= 0.6 is 11.6 Å². The van der Waals surface area contributed by atoms with Gasteiger partial charge in [0.15, 0.2) is 0 Å². The van der Waals surface area contributed by atoms with E-state index >= 15 is 0 Å².